The molecule has 1 atom stereocenters. The van der Waals surface area contributed by atoms with E-state index in [2.05, 4.69) is 10.1 Å². The molecule has 1 heterocycles. The minimum atomic E-state index is -5.24. The molecule has 13 heteroatoms. The Bertz CT molecular complexity index is 1080. The lowest BCUT2D eigenvalue weighted by molar-refractivity contribution is -0.141. The number of aliphatic carboxylic acids is 1. The SMILES string of the molecule is CCOC(=O)C1=C(CCCC(=O)O)NC(CF)=C(C(=O)OC)C1c1c(F)ccc(Cl)c1C(F)(F)F. The van der Waals surface area contributed by atoms with Gasteiger partial charge in [-0.25, -0.2) is 18.4 Å². The van der Waals surface area contributed by atoms with Crippen LogP contribution in [-0.4, -0.2) is 43.4 Å². The number of allylic oxidation sites excluding steroid dienone is 2. The van der Waals surface area contributed by atoms with Gasteiger partial charge in [-0.2, -0.15) is 13.2 Å². The fourth-order valence-electron chi connectivity index (χ4n) is 3.76. The molecule has 7 nitrogen and oxygen atoms in total. The van der Waals surface area contributed by atoms with E-state index in [-0.39, 0.29) is 25.1 Å². The fourth-order valence-corrected chi connectivity index (χ4v) is 4.03. The van der Waals surface area contributed by atoms with Crippen molar-refractivity contribution < 1.29 is 50.9 Å². The third kappa shape index (κ3) is 6.11. The van der Waals surface area contributed by atoms with Crippen molar-refractivity contribution in [1.29, 1.82) is 0 Å². The molecule has 0 aromatic heterocycles. The number of hydrogen-bond acceptors (Lipinski definition) is 6. The Morgan fingerprint density at radius 2 is 1.77 bits per heavy atom. The minimum absolute atomic E-state index is 0.120. The highest BCUT2D eigenvalue weighted by Crippen LogP contribution is 2.48. The molecule has 0 amide bonds. The van der Waals surface area contributed by atoms with Crippen LogP contribution in [0.3, 0.4) is 0 Å². The molecule has 1 aromatic rings. The summed E-state index contributed by atoms with van der Waals surface area (Å²) in [7, 11) is 0.872. The summed E-state index contributed by atoms with van der Waals surface area (Å²) >= 11 is 5.77. The van der Waals surface area contributed by atoms with E-state index in [1.807, 2.05) is 0 Å². The number of ether oxygens (including phenoxy) is 2. The normalized spacial score (nSPS) is 16.2. The van der Waals surface area contributed by atoms with Crippen molar-refractivity contribution in [2.24, 2.45) is 0 Å². The van der Waals surface area contributed by atoms with E-state index < -0.39 is 81.9 Å². The van der Waals surface area contributed by atoms with Crippen LogP contribution in [0.25, 0.3) is 0 Å². The molecule has 0 saturated heterocycles. The van der Waals surface area contributed by atoms with Crippen LogP contribution in [0.1, 0.15) is 43.2 Å². The highest BCUT2D eigenvalue weighted by atomic mass is 35.5. The van der Waals surface area contributed by atoms with Crippen LogP contribution in [0.4, 0.5) is 22.0 Å². The first-order valence-electron chi connectivity index (χ1n) is 10.2. The number of hydrogen-bond donors (Lipinski definition) is 2. The van der Waals surface area contributed by atoms with E-state index in [4.69, 9.17) is 21.4 Å². The van der Waals surface area contributed by atoms with Crippen LogP contribution in [0.15, 0.2) is 34.7 Å². The largest absolute Gasteiger partial charge is 0.481 e. The van der Waals surface area contributed by atoms with Gasteiger partial charge in [0, 0.05) is 17.7 Å². The Morgan fingerprint density at radius 3 is 2.29 bits per heavy atom. The number of nitrogens with one attached hydrogen (secondary N) is 1. The molecule has 2 rings (SSSR count). The van der Waals surface area contributed by atoms with Gasteiger partial charge in [0.25, 0.3) is 0 Å². The molecule has 0 aliphatic carbocycles. The lowest BCUT2D eigenvalue weighted by Crippen LogP contribution is -2.36. The zero-order chi connectivity index (χ0) is 26.5. The van der Waals surface area contributed by atoms with Crippen molar-refractivity contribution in [3.63, 3.8) is 0 Å². The Hall–Kier alpha value is -3.15. The van der Waals surface area contributed by atoms with Gasteiger partial charge in [-0.05, 0) is 31.9 Å². The number of esters is 2. The van der Waals surface area contributed by atoms with Gasteiger partial charge in [0.05, 0.1) is 47.1 Å². The maximum absolute atomic E-state index is 15.1. The standard InChI is InChI=1S/C22H21ClF5NO6/c1-3-35-21(33)16-12(5-4-6-14(30)31)29-13(9-24)17(20(32)34-2)18(16)15-11(25)8-7-10(23)19(15)22(26,27)28/h7-8,18,29H,3-6,9H2,1-2H3,(H,30,31). The number of halogens is 6. The maximum atomic E-state index is 15.1. The average Bonchev–Trinajstić information content (AvgIpc) is 2.78. The highest BCUT2D eigenvalue weighted by Gasteiger charge is 2.47. The Balaban J connectivity index is 2.98. The zero-order valence-electron chi connectivity index (χ0n) is 18.5. The van der Waals surface area contributed by atoms with Crippen molar-refractivity contribution >= 4 is 29.5 Å². The molecule has 2 N–H and O–H groups in total. The molecular weight excluding hydrogens is 505 g/mol. The van der Waals surface area contributed by atoms with E-state index >= 15 is 4.39 Å². The molecule has 1 aliphatic heterocycles. The first kappa shape index (κ1) is 28.1. The summed E-state index contributed by atoms with van der Waals surface area (Å²) in [5, 5.41) is 10.5. The number of carbonyl (C=O) groups is 3. The van der Waals surface area contributed by atoms with E-state index in [9.17, 15) is 31.9 Å². The number of carbonyl (C=O) groups excluding carboxylic acids is 2. The second kappa shape index (κ2) is 11.5. The predicted octanol–water partition coefficient (Wildman–Crippen LogP) is 4.65. The van der Waals surface area contributed by atoms with E-state index in [1.54, 1.807) is 0 Å². The van der Waals surface area contributed by atoms with E-state index in [0.29, 0.717) is 12.1 Å². The van der Waals surface area contributed by atoms with Gasteiger partial charge in [0.15, 0.2) is 0 Å². The predicted molar refractivity (Wildman–Crippen MR) is 112 cm³/mol. The number of carboxylic acids is 1. The van der Waals surface area contributed by atoms with E-state index in [1.165, 1.54) is 6.92 Å². The Kier molecular flexibility index (Phi) is 9.24. The van der Waals surface area contributed by atoms with Crippen LogP contribution in [0, 0.1) is 5.82 Å². The van der Waals surface area contributed by atoms with Crippen LogP contribution in [-0.2, 0) is 30.0 Å². The quantitative estimate of drug-likeness (QED) is 0.357. The second-order valence-corrected chi connectivity index (χ2v) is 7.66. The van der Waals surface area contributed by atoms with Gasteiger partial charge in [-0.1, -0.05) is 11.6 Å². The Morgan fingerprint density at radius 1 is 1.14 bits per heavy atom. The molecule has 0 bridgehead atoms. The summed E-state index contributed by atoms with van der Waals surface area (Å²) < 4.78 is 80.8. The molecule has 0 radical (unpaired) electrons. The maximum Gasteiger partial charge on any atom is 0.418 e. The van der Waals surface area contributed by atoms with Crippen molar-refractivity contribution in [3.8, 4) is 0 Å². The number of alkyl halides is 4. The van der Waals surface area contributed by atoms with Gasteiger partial charge >= 0.3 is 24.1 Å². The van der Waals surface area contributed by atoms with Crippen LogP contribution >= 0.6 is 11.6 Å². The molecule has 0 fully saturated rings. The van der Waals surface area contributed by atoms with Crippen molar-refractivity contribution in [2.75, 3.05) is 20.4 Å². The molecule has 1 unspecified atom stereocenters. The van der Waals surface area contributed by atoms with Crippen molar-refractivity contribution in [1.82, 2.24) is 5.32 Å². The molecular formula is C22H21ClF5NO6. The third-order valence-corrected chi connectivity index (χ3v) is 5.41. The number of rotatable bonds is 9. The number of benzene rings is 1. The molecule has 0 spiro atoms. The monoisotopic (exact) mass is 525 g/mol. The minimum Gasteiger partial charge on any atom is -0.481 e. The van der Waals surface area contributed by atoms with Gasteiger partial charge in [0.2, 0.25) is 0 Å². The molecule has 1 aromatic carbocycles. The third-order valence-electron chi connectivity index (χ3n) is 5.09. The smallest absolute Gasteiger partial charge is 0.418 e. The van der Waals surface area contributed by atoms with Gasteiger partial charge in [0.1, 0.15) is 12.5 Å². The topological polar surface area (TPSA) is 102 Å². The summed E-state index contributed by atoms with van der Waals surface area (Å²) in [6, 6.07) is 1.27. The summed E-state index contributed by atoms with van der Waals surface area (Å²) in [4.78, 5) is 36.5. The van der Waals surface area contributed by atoms with Crippen LogP contribution in [0.5, 0.6) is 0 Å². The molecule has 35 heavy (non-hydrogen) atoms. The Labute approximate surface area is 201 Å². The fraction of sp³-hybridized carbons (Fsp3) is 0.409. The lowest BCUT2D eigenvalue weighted by Gasteiger charge is -2.33. The lowest BCUT2D eigenvalue weighted by atomic mass is 9.77. The average molecular weight is 526 g/mol. The first-order valence-corrected chi connectivity index (χ1v) is 10.6. The number of methoxy groups -OCH3 is 1. The number of carboxylic acid groups (broad SMARTS) is 1. The second-order valence-electron chi connectivity index (χ2n) is 7.25. The van der Waals surface area contributed by atoms with Gasteiger partial charge < -0.3 is 19.9 Å². The summed E-state index contributed by atoms with van der Waals surface area (Å²) in [5.41, 5.74) is -5.07. The van der Waals surface area contributed by atoms with Gasteiger partial charge in [-0.3, -0.25) is 4.79 Å². The summed E-state index contributed by atoms with van der Waals surface area (Å²) in [6.07, 6.45) is -6.02. The molecule has 1 aliphatic rings. The van der Waals surface area contributed by atoms with Crippen molar-refractivity contribution in [2.45, 2.75) is 38.3 Å². The molecule has 192 valence electrons. The van der Waals surface area contributed by atoms with Crippen molar-refractivity contribution in [3.05, 3.63) is 56.6 Å². The summed E-state index contributed by atoms with van der Waals surface area (Å²) in [5.74, 6) is -7.34. The summed E-state index contributed by atoms with van der Waals surface area (Å²) in [6.45, 7) is -0.267. The van der Waals surface area contributed by atoms with Crippen LogP contribution < -0.4 is 5.32 Å². The first-order chi connectivity index (χ1) is 16.4. The number of dihydropyridines is 1. The van der Waals surface area contributed by atoms with Crippen LogP contribution in [0.2, 0.25) is 5.02 Å². The van der Waals surface area contributed by atoms with Gasteiger partial charge in [-0.15, -0.1) is 0 Å². The highest BCUT2D eigenvalue weighted by molar-refractivity contribution is 6.31. The van der Waals surface area contributed by atoms with E-state index in [0.717, 1.165) is 7.11 Å². The molecule has 0 saturated carbocycles. The zero-order valence-corrected chi connectivity index (χ0v) is 19.3.